The van der Waals surface area contributed by atoms with Gasteiger partial charge in [-0.1, -0.05) is 12.2 Å². The average molecular weight is 279 g/mol. The lowest BCUT2D eigenvalue weighted by molar-refractivity contribution is -0.131. The SMILES string of the molecule is C=CCN(CC=C)C(=O)CN(CC1CCCN1)C(C)C. The number of nitrogens with zero attached hydrogens (tertiary/aromatic N) is 2. The number of nitrogens with one attached hydrogen (secondary N) is 1. The van der Waals surface area contributed by atoms with Crippen molar-refractivity contribution in [3.8, 4) is 0 Å². The van der Waals surface area contributed by atoms with Crippen LogP contribution in [0.2, 0.25) is 0 Å². The number of carbonyl (C=O) groups excluding carboxylic acids is 1. The Labute approximate surface area is 123 Å². The maximum atomic E-state index is 12.4. The summed E-state index contributed by atoms with van der Waals surface area (Å²) in [4.78, 5) is 16.4. The van der Waals surface area contributed by atoms with E-state index < -0.39 is 0 Å². The van der Waals surface area contributed by atoms with E-state index in [1.165, 1.54) is 12.8 Å². The van der Waals surface area contributed by atoms with Gasteiger partial charge in [-0.2, -0.15) is 0 Å². The van der Waals surface area contributed by atoms with Gasteiger partial charge < -0.3 is 10.2 Å². The summed E-state index contributed by atoms with van der Waals surface area (Å²) in [6.07, 6.45) is 5.98. The lowest BCUT2D eigenvalue weighted by Crippen LogP contribution is -2.47. The van der Waals surface area contributed by atoms with Crippen molar-refractivity contribution in [1.82, 2.24) is 15.1 Å². The third kappa shape index (κ3) is 5.47. The van der Waals surface area contributed by atoms with Crippen LogP contribution in [0.4, 0.5) is 0 Å². The van der Waals surface area contributed by atoms with E-state index in [1.54, 1.807) is 17.1 Å². The van der Waals surface area contributed by atoms with Gasteiger partial charge in [0.1, 0.15) is 0 Å². The minimum absolute atomic E-state index is 0.150. The molecule has 1 N–H and O–H groups in total. The lowest BCUT2D eigenvalue weighted by Gasteiger charge is -2.31. The molecule has 0 aromatic rings. The first-order valence-corrected chi connectivity index (χ1v) is 7.55. The van der Waals surface area contributed by atoms with Crippen molar-refractivity contribution in [3.05, 3.63) is 25.3 Å². The first kappa shape index (κ1) is 16.9. The summed E-state index contributed by atoms with van der Waals surface area (Å²) in [6, 6.07) is 0.896. The van der Waals surface area contributed by atoms with Gasteiger partial charge in [0.15, 0.2) is 0 Å². The van der Waals surface area contributed by atoms with Crippen LogP contribution in [0.5, 0.6) is 0 Å². The molecule has 1 heterocycles. The number of hydrogen-bond acceptors (Lipinski definition) is 3. The monoisotopic (exact) mass is 279 g/mol. The van der Waals surface area contributed by atoms with Crippen molar-refractivity contribution in [2.24, 2.45) is 0 Å². The van der Waals surface area contributed by atoms with Crippen LogP contribution in [0.25, 0.3) is 0 Å². The minimum Gasteiger partial charge on any atom is -0.334 e. The van der Waals surface area contributed by atoms with Crippen LogP contribution in [0.15, 0.2) is 25.3 Å². The number of hydrogen-bond donors (Lipinski definition) is 1. The molecule has 20 heavy (non-hydrogen) atoms. The Balaban J connectivity index is 2.55. The highest BCUT2D eigenvalue weighted by Gasteiger charge is 2.23. The van der Waals surface area contributed by atoms with E-state index in [0.29, 0.717) is 31.7 Å². The molecule has 1 fully saturated rings. The molecule has 1 rings (SSSR count). The number of amides is 1. The molecule has 0 aliphatic carbocycles. The van der Waals surface area contributed by atoms with Crippen LogP contribution in [0.3, 0.4) is 0 Å². The third-order valence-corrected chi connectivity index (χ3v) is 3.74. The topological polar surface area (TPSA) is 35.6 Å². The molecule has 0 radical (unpaired) electrons. The minimum atomic E-state index is 0.150. The van der Waals surface area contributed by atoms with Crippen LogP contribution in [0.1, 0.15) is 26.7 Å². The van der Waals surface area contributed by atoms with Crippen molar-refractivity contribution in [1.29, 1.82) is 0 Å². The highest BCUT2D eigenvalue weighted by Crippen LogP contribution is 2.09. The van der Waals surface area contributed by atoms with Crippen LogP contribution in [0, 0.1) is 0 Å². The fraction of sp³-hybridized carbons (Fsp3) is 0.688. The number of carbonyl (C=O) groups is 1. The van der Waals surface area contributed by atoms with E-state index in [0.717, 1.165) is 13.1 Å². The Morgan fingerprint density at radius 1 is 1.35 bits per heavy atom. The zero-order chi connectivity index (χ0) is 15.0. The van der Waals surface area contributed by atoms with Crippen molar-refractivity contribution in [3.63, 3.8) is 0 Å². The van der Waals surface area contributed by atoms with Crippen molar-refractivity contribution in [2.45, 2.75) is 38.8 Å². The molecule has 0 aromatic heterocycles. The molecule has 0 saturated carbocycles. The Bertz CT molecular complexity index is 312. The van der Waals surface area contributed by atoms with Crippen molar-refractivity contribution < 1.29 is 4.79 Å². The van der Waals surface area contributed by atoms with Gasteiger partial charge in [0.25, 0.3) is 0 Å². The van der Waals surface area contributed by atoms with E-state index in [2.05, 4.69) is 37.2 Å². The molecular weight excluding hydrogens is 250 g/mol. The van der Waals surface area contributed by atoms with Gasteiger partial charge in [-0.3, -0.25) is 9.69 Å². The molecule has 1 unspecified atom stereocenters. The van der Waals surface area contributed by atoms with Gasteiger partial charge in [0.2, 0.25) is 5.91 Å². The Hall–Kier alpha value is -1.13. The fourth-order valence-corrected chi connectivity index (χ4v) is 2.52. The summed E-state index contributed by atoms with van der Waals surface area (Å²) in [5, 5.41) is 3.50. The zero-order valence-electron chi connectivity index (χ0n) is 13.0. The van der Waals surface area contributed by atoms with Gasteiger partial charge in [0, 0.05) is 31.7 Å². The molecule has 1 aliphatic rings. The normalized spacial score (nSPS) is 18.5. The molecule has 4 nitrogen and oxygen atoms in total. The Morgan fingerprint density at radius 3 is 2.45 bits per heavy atom. The van der Waals surface area contributed by atoms with Crippen molar-refractivity contribution in [2.75, 3.05) is 32.7 Å². The van der Waals surface area contributed by atoms with Gasteiger partial charge in [-0.15, -0.1) is 13.2 Å². The predicted molar refractivity (Wildman–Crippen MR) is 84.7 cm³/mol. The summed E-state index contributed by atoms with van der Waals surface area (Å²) in [7, 11) is 0. The maximum Gasteiger partial charge on any atom is 0.237 e. The molecule has 0 spiro atoms. The van der Waals surface area contributed by atoms with E-state index in [4.69, 9.17) is 0 Å². The highest BCUT2D eigenvalue weighted by molar-refractivity contribution is 5.78. The maximum absolute atomic E-state index is 12.4. The predicted octanol–water partition coefficient (Wildman–Crippen LogP) is 1.65. The summed E-state index contributed by atoms with van der Waals surface area (Å²) in [5.41, 5.74) is 0. The summed E-state index contributed by atoms with van der Waals surface area (Å²) in [6.45, 7) is 15.4. The van der Waals surface area contributed by atoms with E-state index in [1.807, 2.05) is 0 Å². The molecule has 1 saturated heterocycles. The van der Waals surface area contributed by atoms with Crippen LogP contribution in [-0.4, -0.2) is 60.5 Å². The van der Waals surface area contributed by atoms with Crippen molar-refractivity contribution >= 4 is 5.91 Å². The fourth-order valence-electron chi connectivity index (χ4n) is 2.52. The molecule has 1 aliphatic heterocycles. The Kier molecular flexibility index (Phi) is 7.55. The summed E-state index contributed by atoms with van der Waals surface area (Å²) in [5.74, 6) is 0.150. The molecule has 0 bridgehead atoms. The van der Waals surface area contributed by atoms with Crippen LogP contribution < -0.4 is 5.32 Å². The van der Waals surface area contributed by atoms with E-state index in [-0.39, 0.29) is 5.91 Å². The smallest absolute Gasteiger partial charge is 0.237 e. The summed E-state index contributed by atoms with van der Waals surface area (Å²) >= 11 is 0. The Morgan fingerprint density at radius 2 is 2.00 bits per heavy atom. The molecule has 0 aromatic carbocycles. The lowest BCUT2D eigenvalue weighted by atomic mass is 10.2. The van der Waals surface area contributed by atoms with Gasteiger partial charge in [-0.25, -0.2) is 0 Å². The highest BCUT2D eigenvalue weighted by atomic mass is 16.2. The second kappa shape index (κ2) is 8.93. The first-order valence-electron chi connectivity index (χ1n) is 7.55. The van der Waals surface area contributed by atoms with Gasteiger partial charge in [0.05, 0.1) is 6.54 Å². The molecular formula is C16H29N3O. The second-order valence-electron chi connectivity index (χ2n) is 5.69. The van der Waals surface area contributed by atoms with E-state index in [9.17, 15) is 4.79 Å². The summed E-state index contributed by atoms with van der Waals surface area (Å²) < 4.78 is 0. The van der Waals surface area contributed by atoms with Gasteiger partial charge in [-0.05, 0) is 33.2 Å². The van der Waals surface area contributed by atoms with Gasteiger partial charge >= 0.3 is 0 Å². The quantitative estimate of drug-likeness (QED) is 0.652. The molecule has 1 atom stereocenters. The number of rotatable bonds is 9. The second-order valence-corrected chi connectivity index (χ2v) is 5.69. The first-order chi connectivity index (χ1) is 9.58. The largest absolute Gasteiger partial charge is 0.334 e. The van der Waals surface area contributed by atoms with Crippen LogP contribution in [-0.2, 0) is 4.79 Å². The van der Waals surface area contributed by atoms with Crippen LogP contribution >= 0.6 is 0 Å². The standard InChI is InChI=1S/C16H29N3O/c1-5-10-18(11-6-2)16(20)13-19(14(3)4)12-15-8-7-9-17-15/h5-6,14-15,17H,1-2,7-13H2,3-4H3. The average Bonchev–Trinajstić information content (AvgIpc) is 2.90. The molecule has 4 heteroatoms. The van der Waals surface area contributed by atoms with E-state index >= 15 is 0 Å². The zero-order valence-corrected chi connectivity index (χ0v) is 13.0. The third-order valence-electron chi connectivity index (χ3n) is 3.74. The molecule has 114 valence electrons. The molecule has 1 amide bonds.